The Labute approximate surface area is 158 Å². The topological polar surface area (TPSA) is 85.2 Å². The lowest BCUT2D eigenvalue weighted by Crippen LogP contribution is -2.58. The Morgan fingerprint density at radius 2 is 2.15 bits per heavy atom. The normalized spacial score (nSPS) is 35.3. The zero-order chi connectivity index (χ0) is 19.0. The van der Waals surface area contributed by atoms with Crippen molar-refractivity contribution in [2.24, 2.45) is 0 Å². The minimum Gasteiger partial charge on any atom is -0.349 e. The minimum absolute atomic E-state index is 0.0289. The second-order valence-corrected chi connectivity index (χ2v) is 8.20. The van der Waals surface area contributed by atoms with E-state index in [1.54, 1.807) is 12.4 Å². The summed E-state index contributed by atoms with van der Waals surface area (Å²) in [6.07, 6.45) is 8.30. The van der Waals surface area contributed by atoms with Crippen LogP contribution in [0.5, 0.6) is 0 Å². The average molecular weight is 372 g/mol. The highest BCUT2D eigenvalue weighted by molar-refractivity contribution is 5.79. The highest BCUT2D eigenvalue weighted by Gasteiger charge is 2.47. The Kier molecular flexibility index (Phi) is 4.72. The lowest BCUT2D eigenvalue weighted by Gasteiger charge is -2.46. The number of aromatic nitrogens is 2. The van der Waals surface area contributed by atoms with Crippen LogP contribution in [-0.2, 0) is 4.79 Å². The third-order valence-corrected chi connectivity index (χ3v) is 6.19. The molecule has 5 atom stereocenters. The van der Waals surface area contributed by atoms with Crippen LogP contribution in [-0.4, -0.2) is 63.7 Å². The van der Waals surface area contributed by atoms with E-state index in [0.717, 1.165) is 31.5 Å². The first-order chi connectivity index (χ1) is 13.0. The number of amides is 1. The molecule has 2 bridgehead atoms. The molecule has 0 aromatic carbocycles. The molecule has 1 N–H and O–H groups in total. The molecule has 1 aromatic rings. The number of hydrogen-bond acceptors (Lipinski definition) is 6. The van der Waals surface area contributed by atoms with Gasteiger partial charge in [-0.1, -0.05) is 0 Å². The lowest BCUT2D eigenvalue weighted by atomic mass is 9.84. The van der Waals surface area contributed by atoms with Gasteiger partial charge in [-0.15, -0.1) is 0 Å². The molecule has 3 saturated heterocycles. The maximum absolute atomic E-state index is 13.6. The van der Waals surface area contributed by atoms with Gasteiger partial charge in [-0.2, -0.15) is 5.26 Å². The third kappa shape index (κ3) is 3.48. The van der Waals surface area contributed by atoms with E-state index in [2.05, 4.69) is 27.1 Å². The first kappa shape index (κ1) is 18.1. The summed E-state index contributed by atoms with van der Waals surface area (Å²) in [4.78, 5) is 24.9. The molecule has 1 aromatic heterocycles. The number of hydrogen-bond donors (Lipinski definition) is 1. The van der Waals surface area contributed by atoms with E-state index in [4.69, 9.17) is 5.26 Å². The predicted octanol–water partition coefficient (Wildman–Crippen LogP) is 1.42. The van der Waals surface area contributed by atoms with Gasteiger partial charge in [0.05, 0.1) is 25.4 Å². The number of fused-ring (bicyclic) bond motifs is 2. The number of halogens is 1. The summed E-state index contributed by atoms with van der Waals surface area (Å²) >= 11 is 0. The highest BCUT2D eigenvalue weighted by Crippen LogP contribution is 2.42. The van der Waals surface area contributed by atoms with Crippen LogP contribution in [0, 0.1) is 11.3 Å². The van der Waals surface area contributed by atoms with Gasteiger partial charge in [-0.25, -0.2) is 9.37 Å². The molecule has 3 aliphatic rings. The van der Waals surface area contributed by atoms with E-state index in [9.17, 15) is 9.18 Å². The first-order valence-corrected chi connectivity index (χ1v) is 9.61. The maximum Gasteiger partial charge on any atom is 0.237 e. The zero-order valence-corrected chi connectivity index (χ0v) is 15.5. The van der Waals surface area contributed by atoms with Crippen LogP contribution in [0.15, 0.2) is 18.6 Å². The molecule has 4 heterocycles. The number of nitriles is 1. The third-order valence-electron chi connectivity index (χ3n) is 6.19. The summed E-state index contributed by atoms with van der Waals surface area (Å²) in [7, 11) is 0. The largest absolute Gasteiger partial charge is 0.349 e. The predicted molar refractivity (Wildman–Crippen MR) is 97.6 cm³/mol. The Bertz CT molecular complexity index is 723. The molecule has 0 aliphatic carbocycles. The van der Waals surface area contributed by atoms with Crippen molar-refractivity contribution in [3.63, 3.8) is 0 Å². The van der Waals surface area contributed by atoms with Crippen molar-refractivity contribution in [1.82, 2.24) is 20.2 Å². The zero-order valence-electron chi connectivity index (χ0n) is 15.5. The van der Waals surface area contributed by atoms with Crippen LogP contribution >= 0.6 is 0 Å². The molecule has 7 nitrogen and oxygen atoms in total. The number of nitrogens with zero attached hydrogens (tertiary/aromatic N) is 5. The fraction of sp³-hybridized carbons (Fsp3) is 0.684. The molecule has 8 heteroatoms. The molecule has 1 unspecified atom stereocenters. The number of likely N-dealkylation sites (tertiary alicyclic amines) is 1. The Balaban J connectivity index is 1.38. The maximum atomic E-state index is 13.6. The van der Waals surface area contributed by atoms with Crippen molar-refractivity contribution < 1.29 is 9.18 Å². The van der Waals surface area contributed by atoms with E-state index in [-0.39, 0.29) is 31.0 Å². The molecule has 3 aliphatic heterocycles. The van der Waals surface area contributed by atoms with Crippen LogP contribution in [0.3, 0.4) is 0 Å². The number of carbonyl (C=O) groups is 1. The quantitative estimate of drug-likeness (QED) is 0.860. The summed E-state index contributed by atoms with van der Waals surface area (Å²) in [5.41, 5.74) is -0.156. The summed E-state index contributed by atoms with van der Waals surface area (Å²) in [6, 6.07) is 2.15. The smallest absolute Gasteiger partial charge is 0.237 e. The fourth-order valence-electron chi connectivity index (χ4n) is 5.00. The minimum atomic E-state index is -1.10. The second kappa shape index (κ2) is 7.04. The fourth-order valence-corrected chi connectivity index (χ4v) is 5.00. The molecule has 0 radical (unpaired) electrons. The van der Waals surface area contributed by atoms with E-state index in [1.807, 2.05) is 12.3 Å². The molecule has 27 heavy (non-hydrogen) atoms. The van der Waals surface area contributed by atoms with Crippen molar-refractivity contribution in [2.45, 2.75) is 68.9 Å². The number of anilines is 1. The van der Waals surface area contributed by atoms with Crippen LogP contribution in [0.1, 0.15) is 39.0 Å². The Morgan fingerprint density at radius 1 is 1.41 bits per heavy atom. The molecular weight excluding hydrogens is 347 g/mol. The second-order valence-electron chi connectivity index (χ2n) is 8.20. The Morgan fingerprint density at radius 3 is 2.78 bits per heavy atom. The highest BCUT2D eigenvalue weighted by atomic mass is 19.1. The molecule has 1 amide bonds. The van der Waals surface area contributed by atoms with Crippen molar-refractivity contribution in [3.8, 4) is 6.07 Å². The van der Waals surface area contributed by atoms with Gasteiger partial charge in [0.2, 0.25) is 5.91 Å². The SMILES string of the molecule is CC1(NCC(=O)N2C[C@@H](F)C[C@H]2C#N)C[C@H]2CC[C@@H](C1)N2c1cnccn1. The van der Waals surface area contributed by atoms with E-state index >= 15 is 0 Å². The molecule has 3 fully saturated rings. The number of rotatable bonds is 4. The molecular formula is C19H25FN6O. The van der Waals surface area contributed by atoms with Gasteiger partial charge in [0.1, 0.15) is 18.0 Å². The summed E-state index contributed by atoms with van der Waals surface area (Å²) < 4.78 is 13.6. The van der Waals surface area contributed by atoms with Gasteiger partial charge in [0.15, 0.2) is 0 Å². The number of carbonyl (C=O) groups excluding carboxylic acids is 1. The van der Waals surface area contributed by atoms with Crippen LogP contribution in [0.2, 0.25) is 0 Å². The summed E-state index contributed by atoms with van der Waals surface area (Å²) in [6.45, 7) is 2.33. The lowest BCUT2D eigenvalue weighted by molar-refractivity contribution is -0.130. The summed E-state index contributed by atoms with van der Waals surface area (Å²) in [5, 5.41) is 12.6. The van der Waals surface area contributed by atoms with E-state index in [1.165, 1.54) is 4.90 Å². The number of alkyl halides is 1. The van der Waals surface area contributed by atoms with Gasteiger partial charge in [-0.05, 0) is 32.6 Å². The van der Waals surface area contributed by atoms with Crippen LogP contribution in [0.25, 0.3) is 0 Å². The van der Waals surface area contributed by atoms with Gasteiger partial charge in [0, 0.05) is 36.4 Å². The van der Waals surface area contributed by atoms with Crippen molar-refractivity contribution in [3.05, 3.63) is 18.6 Å². The van der Waals surface area contributed by atoms with Crippen molar-refractivity contribution in [1.29, 1.82) is 5.26 Å². The van der Waals surface area contributed by atoms with Crippen molar-refractivity contribution >= 4 is 11.7 Å². The van der Waals surface area contributed by atoms with Crippen molar-refractivity contribution in [2.75, 3.05) is 18.0 Å². The average Bonchev–Trinajstić information content (AvgIpc) is 3.18. The van der Waals surface area contributed by atoms with Crippen LogP contribution < -0.4 is 10.2 Å². The number of nitrogens with one attached hydrogen (secondary N) is 1. The van der Waals surface area contributed by atoms with Gasteiger partial charge >= 0.3 is 0 Å². The van der Waals surface area contributed by atoms with Gasteiger partial charge in [-0.3, -0.25) is 9.78 Å². The summed E-state index contributed by atoms with van der Waals surface area (Å²) in [5.74, 6) is 0.734. The molecule has 0 saturated carbocycles. The van der Waals surface area contributed by atoms with E-state index < -0.39 is 12.2 Å². The molecule has 0 spiro atoms. The van der Waals surface area contributed by atoms with E-state index in [0.29, 0.717) is 12.1 Å². The molecule has 4 rings (SSSR count). The van der Waals surface area contributed by atoms with Crippen LogP contribution in [0.4, 0.5) is 10.2 Å². The van der Waals surface area contributed by atoms with Gasteiger partial charge < -0.3 is 15.1 Å². The number of piperidine rings is 1. The van der Waals surface area contributed by atoms with Gasteiger partial charge in [0.25, 0.3) is 0 Å². The molecule has 144 valence electrons. The monoisotopic (exact) mass is 372 g/mol. The Hall–Kier alpha value is -2.27. The standard InChI is InChI=1S/C19H25FN6O/c1-19(24-11-18(27)25-12-13(20)6-16(25)9-21)7-14-2-3-15(8-19)26(14)17-10-22-4-5-23-17/h4-5,10,13-16,24H,2-3,6-8,11-12H2,1H3/t13-,14-,15+,16-,19?/m0/s1. The first-order valence-electron chi connectivity index (χ1n) is 9.61.